The summed E-state index contributed by atoms with van der Waals surface area (Å²) in [5.41, 5.74) is 6.37. The third kappa shape index (κ3) is 2.97. The molecule has 0 aliphatic heterocycles. The molecule has 0 saturated heterocycles. The lowest BCUT2D eigenvalue weighted by molar-refractivity contribution is 0.317. The summed E-state index contributed by atoms with van der Waals surface area (Å²) in [4.78, 5) is 4.22. The number of ether oxygens (including phenoxy) is 1. The molecule has 0 amide bonds. The van der Waals surface area contributed by atoms with E-state index >= 15 is 0 Å². The number of anilines is 1. The number of imidazole rings is 1. The molecule has 0 bridgehead atoms. The van der Waals surface area contributed by atoms with Crippen molar-refractivity contribution in [2.24, 2.45) is 7.05 Å². The fraction of sp³-hybridized carbons (Fsp3) is 0.250. The first-order valence-corrected chi connectivity index (χ1v) is 6.58. The molecule has 1 aromatic heterocycles. The van der Waals surface area contributed by atoms with Crippen molar-refractivity contribution >= 4 is 33.2 Å². The summed E-state index contributed by atoms with van der Waals surface area (Å²) in [6, 6.07) is 3.43. The smallest absolute Gasteiger partial charge is 0.156 e. The van der Waals surface area contributed by atoms with Gasteiger partial charge in [0.1, 0.15) is 5.82 Å². The first-order valence-electron chi connectivity index (χ1n) is 5.41. The van der Waals surface area contributed by atoms with E-state index in [0.717, 1.165) is 16.7 Å². The highest BCUT2D eigenvalue weighted by atomic mass is 79.9. The zero-order valence-corrected chi connectivity index (χ0v) is 12.2. The average molecular weight is 331 g/mol. The molecule has 0 atom stereocenters. The largest absolute Gasteiger partial charge is 0.490 e. The Hall–Kier alpha value is -1.20. The maximum atomic E-state index is 5.88. The normalized spacial score (nSPS) is 10.6. The van der Waals surface area contributed by atoms with Gasteiger partial charge in [-0.15, -0.1) is 0 Å². The molecular formula is C12H13BrClN3O. The molecule has 1 aromatic carbocycles. The van der Waals surface area contributed by atoms with Crippen molar-refractivity contribution in [2.75, 3.05) is 12.3 Å². The van der Waals surface area contributed by atoms with Crippen LogP contribution in [0.25, 0.3) is 0 Å². The summed E-state index contributed by atoms with van der Waals surface area (Å²) in [7, 11) is 1.95. The first kappa shape index (κ1) is 13.2. The minimum Gasteiger partial charge on any atom is -0.490 e. The minimum absolute atomic E-state index is 0.509. The van der Waals surface area contributed by atoms with Crippen molar-refractivity contribution in [2.45, 2.75) is 6.42 Å². The van der Waals surface area contributed by atoms with E-state index in [1.807, 2.05) is 17.8 Å². The topological polar surface area (TPSA) is 53.1 Å². The third-order valence-corrected chi connectivity index (χ3v) is 3.34. The monoisotopic (exact) mass is 329 g/mol. The summed E-state index contributed by atoms with van der Waals surface area (Å²) < 4.78 is 8.39. The van der Waals surface area contributed by atoms with E-state index in [1.54, 1.807) is 18.3 Å². The van der Waals surface area contributed by atoms with Crippen molar-refractivity contribution < 1.29 is 4.74 Å². The molecule has 0 radical (unpaired) electrons. The highest BCUT2D eigenvalue weighted by Crippen LogP contribution is 2.34. The summed E-state index contributed by atoms with van der Waals surface area (Å²) in [6.45, 7) is 0.509. The third-order valence-electron chi connectivity index (χ3n) is 2.53. The number of rotatable bonds is 4. The predicted molar refractivity (Wildman–Crippen MR) is 76.0 cm³/mol. The summed E-state index contributed by atoms with van der Waals surface area (Å²) in [6.07, 6.45) is 4.39. The van der Waals surface area contributed by atoms with Gasteiger partial charge in [-0.1, -0.05) is 11.6 Å². The fourth-order valence-electron chi connectivity index (χ4n) is 1.61. The SMILES string of the molecule is Cn1ccnc1CCOc1c(N)cc(Cl)cc1Br. The highest BCUT2D eigenvalue weighted by Gasteiger charge is 2.08. The van der Waals surface area contributed by atoms with Crippen molar-refractivity contribution in [3.63, 3.8) is 0 Å². The van der Waals surface area contributed by atoms with E-state index in [0.29, 0.717) is 23.1 Å². The van der Waals surface area contributed by atoms with Crippen LogP contribution in [0.15, 0.2) is 29.0 Å². The maximum absolute atomic E-state index is 5.88. The van der Waals surface area contributed by atoms with Crippen LogP contribution in [0.3, 0.4) is 0 Å². The number of hydrogen-bond acceptors (Lipinski definition) is 3. The Labute approximate surface area is 119 Å². The fourth-order valence-corrected chi connectivity index (χ4v) is 2.56. The number of nitrogen functional groups attached to an aromatic ring is 1. The molecule has 2 N–H and O–H groups in total. The van der Waals surface area contributed by atoms with E-state index in [9.17, 15) is 0 Å². The van der Waals surface area contributed by atoms with Crippen molar-refractivity contribution in [3.05, 3.63) is 39.8 Å². The molecule has 0 spiro atoms. The van der Waals surface area contributed by atoms with Crippen LogP contribution in [0, 0.1) is 0 Å². The molecule has 0 unspecified atom stereocenters. The zero-order valence-electron chi connectivity index (χ0n) is 9.86. The van der Waals surface area contributed by atoms with Crippen LogP contribution in [0.5, 0.6) is 5.75 Å². The van der Waals surface area contributed by atoms with Gasteiger partial charge in [-0.3, -0.25) is 0 Å². The highest BCUT2D eigenvalue weighted by molar-refractivity contribution is 9.10. The van der Waals surface area contributed by atoms with Gasteiger partial charge in [0, 0.05) is 30.9 Å². The number of benzene rings is 1. The van der Waals surface area contributed by atoms with Gasteiger partial charge in [0.25, 0.3) is 0 Å². The van der Waals surface area contributed by atoms with Gasteiger partial charge in [0.2, 0.25) is 0 Å². The minimum atomic E-state index is 0.509. The number of halogens is 2. The standard InChI is InChI=1S/C12H13BrClN3O/c1-17-4-3-16-11(17)2-5-18-12-9(13)6-8(14)7-10(12)15/h3-4,6-7H,2,5,15H2,1H3. The second-order valence-corrected chi connectivity index (χ2v) is 5.15. The molecule has 4 nitrogen and oxygen atoms in total. The van der Waals surface area contributed by atoms with E-state index in [-0.39, 0.29) is 0 Å². The molecule has 2 rings (SSSR count). The first-order chi connectivity index (χ1) is 8.58. The Morgan fingerprint density at radius 2 is 2.28 bits per heavy atom. The van der Waals surface area contributed by atoms with Gasteiger partial charge < -0.3 is 15.0 Å². The zero-order chi connectivity index (χ0) is 13.1. The van der Waals surface area contributed by atoms with Crippen LogP contribution in [0.2, 0.25) is 5.02 Å². The molecule has 0 saturated carbocycles. The van der Waals surface area contributed by atoms with Crippen LogP contribution in [-0.2, 0) is 13.5 Å². The second kappa shape index (κ2) is 5.63. The maximum Gasteiger partial charge on any atom is 0.156 e. The molecule has 96 valence electrons. The van der Waals surface area contributed by atoms with Crippen LogP contribution >= 0.6 is 27.5 Å². The summed E-state index contributed by atoms with van der Waals surface area (Å²) >= 11 is 9.26. The van der Waals surface area contributed by atoms with Gasteiger partial charge in [0.15, 0.2) is 5.75 Å². The Morgan fingerprint density at radius 3 is 2.89 bits per heavy atom. The van der Waals surface area contributed by atoms with Gasteiger partial charge in [-0.05, 0) is 28.1 Å². The van der Waals surface area contributed by atoms with Crippen molar-refractivity contribution in [1.29, 1.82) is 0 Å². The quantitative estimate of drug-likeness (QED) is 0.877. The van der Waals surface area contributed by atoms with Crippen LogP contribution in [-0.4, -0.2) is 16.2 Å². The van der Waals surface area contributed by atoms with Gasteiger partial charge in [0.05, 0.1) is 16.8 Å². The summed E-state index contributed by atoms with van der Waals surface area (Å²) in [5.74, 6) is 1.59. The number of aryl methyl sites for hydroxylation is 1. The van der Waals surface area contributed by atoms with Gasteiger partial charge >= 0.3 is 0 Å². The summed E-state index contributed by atoms with van der Waals surface area (Å²) in [5, 5.41) is 0.579. The Bertz CT molecular complexity index is 533. The lowest BCUT2D eigenvalue weighted by atomic mass is 10.3. The Morgan fingerprint density at radius 1 is 1.50 bits per heavy atom. The number of nitrogens with two attached hydrogens (primary N) is 1. The molecular weight excluding hydrogens is 318 g/mol. The van der Waals surface area contributed by atoms with Crippen LogP contribution in [0.4, 0.5) is 5.69 Å². The number of aromatic nitrogens is 2. The molecule has 1 heterocycles. The van der Waals surface area contributed by atoms with Crippen LogP contribution in [0.1, 0.15) is 5.82 Å². The average Bonchev–Trinajstić information content (AvgIpc) is 2.68. The van der Waals surface area contributed by atoms with Crippen molar-refractivity contribution in [1.82, 2.24) is 9.55 Å². The van der Waals surface area contributed by atoms with E-state index in [4.69, 9.17) is 22.1 Å². The van der Waals surface area contributed by atoms with Gasteiger partial charge in [-0.2, -0.15) is 0 Å². The molecule has 0 fully saturated rings. The Balaban J connectivity index is 2.01. The van der Waals surface area contributed by atoms with Gasteiger partial charge in [-0.25, -0.2) is 4.98 Å². The van der Waals surface area contributed by atoms with E-state index in [2.05, 4.69) is 20.9 Å². The lowest BCUT2D eigenvalue weighted by Crippen LogP contribution is -2.07. The number of nitrogens with zero attached hydrogens (tertiary/aromatic N) is 2. The second-order valence-electron chi connectivity index (χ2n) is 3.86. The predicted octanol–water partition coefficient (Wildman–Crippen LogP) is 3.04. The Kier molecular flexibility index (Phi) is 4.14. The molecule has 0 aliphatic rings. The van der Waals surface area contributed by atoms with E-state index in [1.165, 1.54) is 0 Å². The molecule has 0 aliphatic carbocycles. The van der Waals surface area contributed by atoms with Crippen molar-refractivity contribution in [3.8, 4) is 5.75 Å². The van der Waals surface area contributed by atoms with E-state index < -0.39 is 0 Å². The molecule has 18 heavy (non-hydrogen) atoms. The lowest BCUT2D eigenvalue weighted by Gasteiger charge is -2.11. The molecule has 2 aromatic rings. The molecule has 6 heteroatoms. The number of hydrogen-bond donors (Lipinski definition) is 1. The van der Waals surface area contributed by atoms with Crippen LogP contribution < -0.4 is 10.5 Å².